The molecule has 0 aromatic carbocycles. The molecule has 3 rings (SSSR count). The number of rotatable bonds is 3. The van der Waals surface area contributed by atoms with Crippen LogP contribution in [0.15, 0.2) is 12.5 Å². The van der Waals surface area contributed by atoms with Crippen molar-refractivity contribution in [1.82, 2.24) is 14.9 Å². The van der Waals surface area contributed by atoms with Gasteiger partial charge in [0.25, 0.3) is 0 Å². The van der Waals surface area contributed by atoms with E-state index in [2.05, 4.69) is 28.0 Å². The molecule has 1 N–H and O–H groups in total. The standard InChI is InChI=1S/C14H23N3/c1-14(5-7-15-8-6-14)10-17-11-16-9-13(17)12-3-2-4-12/h9,11-12,15H,2-8,10H2,1H3. The third kappa shape index (κ3) is 2.25. The molecule has 1 aromatic heterocycles. The van der Waals surface area contributed by atoms with E-state index in [0.717, 1.165) is 12.5 Å². The normalized spacial score (nSPS) is 24.5. The summed E-state index contributed by atoms with van der Waals surface area (Å²) in [5.74, 6) is 0.794. The average Bonchev–Trinajstić information content (AvgIpc) is 2.64. The van der Waals surface area contributed by atoms with Crippen LogP contribution in [0.4, 0.5) is 0 Å². The first-order valence-electron chi connectivity index (χ1n) is 6.98. The van der Waals surface area contributed by atoms with E-state index in [1.807, 2.05) is 6.33 Å². The van der Waals surface area contributed by atoms with Gasteiger partial charge in [-0.2, -0.15) is 0 Å². The Hall–Kier alpha value is -0.830. The zero-order valence-electron chi connectivity index (χ0n) is 10.8. The van der Waals surface area contributed by atoms with E-state index in [-0.39, 0.29) is 0 Å². The highest BCUT2D eigenvalue weighted by molar-refractivity contribution is 5.10. The summed E-state index contributed by atoms with van der Waals surface area (Å²) in [6.07, 6.45) is 10.8. The van der Waals surface area contributed by atoms with Crippen molar-refractivity contribution in [1.29, 1.82) is 0 Å². The SMILES string of the molecule is CC1(Cn2cncc2C2CCC2)CCNCC1. The third-order valence-electron chi connectivity index (χ3n) is 4.63. The monoisotopic (exact) mass is 233 g/mol. The van der Waals surface area contributed by atoms with Gasteiger partial charge in [0.05, 0.1) is 6.33 Å². The maximum absolute atomic E-state index is 4.37. The fourth-order valence-electron chi connectivity index (χ4n) is 3.11. The summed E-state index contributed by atoms with van der Waals surface area (Å²) in [6, 6.07) is 0. The number of aromatic nitrogens is 2. The van der Waals surface area contributed by atoms with Gasteiger partial charge in [-0.05, 0) is 44.2 Å². The predicted molar refractivity (Wildman–Crippen MR) is 69.0 cm³/mol. The Kier molecular flexibility index (Phi) is 2.95. The number of nitrogens with zero attached hydrogens (tertiary/aromatic N) is 2. The Labute approximate surface area is 104 Å². The Morgan fingerprint density at radius 1 is 1.41 bits per heavy atom. The molecule has 3 heteroatoms. The quantitative estimate of drug-likeness (QED) is 0.869. The maximum Gasteiger partial charge on any atom is 0.0948 e. The van der Waals surface area contributed by atoms with Crippen molar-refractivity contribution in [2.24, 2.45) is 5.41 Å². The first-order valence-corrected chi connectivity index (χ1v) is 6.98. The molecule has 1 saturated carbocycles. The highest BCUT2D eigenvalue weighted by Crippen LogP contribution is 2.38. The van der Waals surface area contributed by atoms with Crippen LogP contribution >= 0.6 is 0 Å². The molecule has 0 atom stereocenters. The van der Waals surface area contributed by atoms with Gasteiger partial charge in [-0.15, -0.1) is 0 Å². The highest BCUT2D eigenvalue weighted by Gasteiger charge is 2.29. The Morgan fingerprint density at radius 3 is 2.82 bits per heavy atom. The van der Waals surface area contributed by atoms with E-state index in [0.29, 0.717) is 5.41 Å². The molecule has 0 unspecified atom stereocenters. The van der Waals surface area contributed by atoms with Crippen molar-refractivity contribution < 1.29 is 0 Å². The smallest absolute Gasteiger partial charge is 0.0948 e. The first kappa shape index (κ1) is 11.3. The minimum Gasteiger partial charge on any atom is -0.334 e. The molecule has 1 aromatic rings. The number of imidazole rings is 1. The van der Waals surface area contributed by atoms with Gasteiger partial charge in [-0.3, -0.25) is 0 Å². The van der Waals surface area contributed by atoms with E-state index in [1.54, 1.807) is 0 Å². The Bertz CT molecular complexity index is 373. The van der Waals surface area contributed by atoms with Crippen LogP contribution < -0.4 is 5.32 Å². The van der Waals surface area contributed by atoms with E-state index in [9.17, 15) is 0 Å². The summed E-state index contributed by atoms with van der Waals surface area (Å²) in [7, 11) is 0. The van der Waals surface area contributed by atoms with Gasteiger partial charge in [-0.25, -0.2) is 4.98 Å². The van der Waals surface area contributed by atoms with Crippen LogP contribution in [-0.2, 0) is 6.54 Å². The molecular formula is C14H23N3. The second-order valence-electron chi connectivity index (χ2n) is 6.13. The van der Waals surface area contributed by atoms with Crippen molar-refractivity contribution in [2.75, 3.05) is 13.1 Å². The molecular weight excluding hydrogens is 210 g/mol. The van der Waals surface area contributed by atoms with Crippen LogP contribution in [0.5, 0.6) is 0 Å². The van der Waals surface area contributed by atoms with Gasteiger partial charge < -0.3 is 9.88 Å². The number of piperidine rings is 1. The fraction of sp³-hybridized carbons (Fsp3) is 0.786. The van der Waals surface area contributed by atoms with E-state index in [1.165, 1.54) is 50.9 Å². The summed E-state index contributed by atoms with van der Waals surface area (Å²) in [5, 5.41) is 3.45. The lowest BCUT2D eigenvalue weighted by Gasteiger charge is -2.36. The van der Waals surface area contributed by atoms with Crippen LogP contribution in [0, 0.1) is 5.41 Å². The molecule has 2 aliphatic rings. The molecule has 1 aliphatic carbocycles. The van der Waals surface area contributed by atoms with E-state index >= 15 is 0 Å². The predicted octanol–water partition coefficient (Wildman–Crippen LogP) is 2.54. The number of hydrogen-bond acceptors (Lipinski definition) is 2. The maximum atomic E-state index is 4.37. The lowest BCUT2D eigenvalue weighted by molar-refractivity contribution is 0.190. The molecule has 2 heterocycles. The van der Waals surface area contributed by atoms with E-state index < -0.39 is 0 Å². The van der Waals surface area contributed by atoms with Gasteiger partial charge in [0, 0.05) is 24.4 Å². The van der Waals surface area contributed by atoms with Crippen molar-refractivity contribution in [3.8, 4) is 0 Å². The third-order valence-corrected chi connectivity index (χ3v) is 4.63. The van der Waals surface area contributed by atoms with Gasteiger partial charge in [-0.1, -0.05) is 13.3 Å². The van der Waals surface area contributed by atoms with Crippen molar-refractivity contribution >= 4 is 0 Å². The summed E-state index contributed by atoms with van der Waals surface area (Å²) >= 11 is 0. The van der Waals surface area contributed by atoms with Gasteiger partial charge in [0.2, 0.25) is 0 Å². The van der Waals surface area contributed by atoms with Crippen molar-refractivity contribution in [2.45, 2.75) is 51.5 Å². The minimum absolute atomic E-state index is 0.463. The molecule has 1 aliphatic heterocycles. The molecule has 3 nitrogen and oxygen atoms in total. The minimum atomic E-state index is 0.463. The Balaban J connectivity index is 1.73. The number of nitrogens with one attached hydrogen (secondary N) is 1. The average molecular weight is 233 g/mol. The largest absolute Gasteiger partial charge is 0.334 e. The fourth-order valence-corrected chi connectivity index (χ4v) is 3.11. The van der Waals surface area contributed by atoms with Crippen LogP contribution in [0.25, 0.3) is 0 Å². The molecule has 17 heavy (non-hydrogen) atoms. The van der Waals surface area contributed by atoms with Gasteiger partial charge in [0.15, 0.2) is 0 Å². The summed E-state index contributed by atoms with van der Waals surface area (Å²) in [6.45, 7) is 5.92. The Morgan fingerprint density at radius 2 is 2.18 bits per heavy atom. The molecule has 0 amide bonds. The zero-order chi connectivity index (χ0) is 11.7. The molecule has 1 saturated heterocycles. The van der Waals surface area contributed by atoms with Crippen LogP contribution in [0.1, 0.15) is 50.6 Å². The second-order valence-corrected chi connectivity index (χ2v) is 6.13. The number of hydrogen-bond donors (Lipinski definition) is 1. The highest BCUT2D eigenvalue weighted by atomic mass is 15.1. The van der Waals surface area contributed by atoms with Gasteiger partial charge in [0.1, 0.15) is 0 Å². The topological polar surface area (TPSA) is 29.9 Å². The van der Waals surface area contributed by atoms with Crippen LogP contribution in [-0.4, -0.2) is 22.6 Å². The van der Waals surface area contributed by atoms with Gasteiger partial charge >= 0.3 is 0 Å². The molecule has 0 bridgehead atoms. The summed E-state index contributed by atoms with van der Waals surface area (Å²) in [4.78, 5) is 4.37. The van der Waals surface area contributed by atoms with Crippen molar-refractivity contribution in [3.63, 3.8) is 0 Å². The van der Waals surface area contributed by atoms with E-state index in [4.69, 9.17) is 0 Å². The van der Waals surface area contributed by atoms with Crippen molar-refractivity contribution in [3.05, 3.63) is 18.2 Å². The molecule has 2 fully saturated rings. The lowest BCUT2D eigenvalue weighted by atomic mass is 9.80. The van der Waals surface area contributed by atoms with Crippen LogP contribution in [0.2, 0.25) is 0 Å². The summed E-state index contributed by atoms with van der Waals surface area (Å²) in [5.41, 5.74) is 1.95. The van der Waals surface area contributed by atoms with Crippen LogP contribution in [0.3, 0.4) is 0 Å². The zero-order valence-corrected chi connectivity index (χ0v) is 10.8. The molecule has 0 radical (unpaired) electrons. The summed E-state index contributed by atoms with van der Waals surface area (Å²) < 4.78 is 2.43. The second kappa shape index (κ2) is 4.45. The first-order chi connectivity index (χ1) is 8.27. The molecule has 94 valence electrons. The molecule has 0 spiro atoms. The lowest BCUT2D eigenvalue weighted by Crippen LogP contribution is -2.37.